The van der Waals surface area contributed by atoms with Crippen LogP contribution in [0.1, 0.15) is 9.60 Å². The molecule has 0 aliphatic heterocycles. The van der Waals surface area contributed by atoms with Gasteiger partial charge in [-0.05, 0) is 72.3 Å². The lowest BCUT2D eigenvalue weighted by Gasteiger charge is -2.19. The first kappa shape index (κ1) is 18.0. The van der Waals surface area contributed by atoms with Crippen LogP contribution in [0.15, 0.2) is 162 Å². The summed E-state index contributed by atoms with van der Waals surface area (Å²) in [5.41, 5.74) is 6.37. The molecule has 1 nitrogen and oxygen atoms in total. The standard InChI is InChI=1S/C42H26O/c1-2-16-30-27(12-1)13-10-23-33(30)41-36-20-5-3-18-34(36)40(35-19-4-6-21-37(35)41)29-15-9-14-28(26-29)31-22-11-24-38-32-17-7-8-25-39(32)43-42(31)38/h1-26H/i1D,2D,10D,12D,13D,16D,23D. The van der Waals surface area contributed by atoms with Gasteiger partial charge in [-0.3, -0.25) is 0 Å². The highest BCUT2D eigenvalue weighted by Gasteiger charge is 2.19. The number of furan rings is 1. The second-order valence-corrected chi connectivity index (χ2v) is 10.7. The Balaban J connectivity index is 1.38. The quantitative estimate of drug-likeness (QED) is 0.198. The van der Waals surface area contributed by atoms with Crippen molar-refractivity contribution < 1.29 is 14.0 Å². The van der Waals surface area contributed by atoms with E-state index in [0.717, 1.165) is 65.7 Å². The fourth-order valence-electron chi connectivity index (χ4n) is 6.53. The zero-order valence-electron chi connectivity index (χ0n) is 29.9. The molecule has 0 saturated carbocycles. The molecule has 43 heavy (non-hydrogen) atoms. The fourth-order valence-corrected chi connectivity index (χ4v) is 6.53. The molecule has 0 spiro atoms. The lowest BCUT2D eigenvalue weighted by molar-refractivity contribution is 0.670. The smallest absolute Gasteiger partial charge is 0.143 e. The monoisotopic (exact) mass is 553 g/mol. The minimum atomic E-state index is -0.470. The molecule has 200 valence electrons. The Kier molecular flexibility index (Phi) is 3.95. The Morgan fingerprint density at radius 3 is 1.81 bits per heavy atom. The number of hydrogen-bond donors (Lipinski definition) is 0. The molecule has 8 aromatic carbocycles. The summed E-state index contributed by atoms with van der Waals surface area (Å²) in [6.45, 7) is 0. The van der Waals surface area contributed by atoms with E-state index in [1.54, 1.807) is 0 Å². The molecule has 0 N–H and O–H groups in total. The van der Waals surface area contributed by atoms with Crippen LogP contribution < -0.4 is 0 Å². The average Bonchev–Trinajstić information content (AvgIpc) is 3.53. The molecular weight excluding hydrogens is 520 g/mol. The molecule has 1 aromatic heterocycles. The molecule has 0 atom stereocenters. The third-order valence-corrected chi connectivity index (χ3v) is 8.36. The van der Waals surface area contributed by atoms with Crippen molar-refractivity contribution in [2.45, 2.75) is 0 Å². The molecule has 0 unspecified atom stereocenters. The van der Waals surface area contributed by atoms with Crippen LogP contribution >= 0.6 is 0 Å². The van der Waals surface area contributed by atoms with Gasteiger partial charge in [0.2, 0.25) is 0 Å². The molecule has 0 aliphatic rings. The highest BCUT2D eigenvalue weighted by atomic mass is 16.3. The number of benzene rings is 8. The Morgan fingerprint density at radius 2 is 1.02 bits per heavy atom. The van der Waals surface area contributed by atoms with Crippen LogP contribution in [0, 0.1) is 0 Å². The van der Waals surface area contributed by atoms with Crippen LogP contribution in [0.5, 0.6) is 0 Å². The van der Waals surface area contributed by atoms with Gasteiger partial charge in [-0.2, -0.15) is 0 Å². The zero-order chi connectivity index (χ0) is 34.4. The Hall–Kier alpha value is -5.66. The molecule has 9 rings (SSSR count). The maximum absolute atomic E-state index is 9.18. The lowest BCUT2D eigenvalue weighted by Crippen LogP contribution is -1.92. The highest BCUT2D eigenvalue weighted by Crippen LogP contribution is 2.46. The topological polar surface area (TPSA) is 13.1 Å². The van der Waals surface area contributed by atoms with E-state index >= 15 is 0 Å². The summed E-state index contributed by atoms with van der Waals surface area (Å²) in [5, 5.41) is 5.44. The normalized spacial score (nSPS) is 14.0. The van der Waals surface area contributed by atoms with Gasteiger partial charge in [0.1, 0.15) is 11.2 Å². The van der Waals surface area contributed by atoms with Crippen LogP contribution in [-0.4, -0.2) is 0 Å². The third kappa shape index (κ3) is 3.65. The summed E-state index contributed by atoms with van der Waals surface area (Å²) in [6.07, 6.45) is 0. The van der Waals surface area contributed by atoms with E-state index < -0.39 is 12.1 Å². The lowest BCUT2D eigenvalue weighted by atomic mass is 9.84. The summed E-state index contributed by atoms with van der Waals surface area (Å²) < 4.78 is 67.4. The molecule has 0 saturated heterocycles. The first-order valence-corrected chi connectivity index (χ1v) is 14.2. The molecule has 0 amide bonds. The van der Waals surface area contributed by atoms with Crippen molar-refractivity contribution in [3.63, 3.8) is 0 Å². The van der Waals surface area contributed by atoms with E-state index in [1.807, 2.05) is 78.9 Å². The van der Waals surface area contributed by atoms with Crippen LogP contribution in [0.4, 0.5) is 0 Å². The molecule has 1 heterocycles. The summed E-state index contributed by atoms with van der Waals surface area (Å²) >= 11 is 0. The van der Waals surface area contributed by atoms with Crippen molar-refractivity contribution in [1.82, 2.24) is 0 Å². The maximum Gasteiger partial charge on any atom is 0.143 e. The Bertz CT molecular complexity index is 2840. The zero-order valence-corrected chi connectivity index (χ0v) is 22.9. The van der Waals surface area contributed by atoms with Crippen molar-refractivity contribution in [2.24, 2.45) is 0 Å². The minimum Gasteiger partial charge on any atom is -0.455 e. The highest BCUT2D eigenvalue weighted by molar-refractivity contribution is 6.23. The largest absolute Gasteiger partial charge is 0.455 e. The number of fused-ring (bicyclic) bond motifs is 6. The Morgan fingerprint density at radius 1 is 0.419 bits per heavy atom. The molecule has 1 heteroatoms. The molecule has 9 aromatic rings. The molecular formula is C42H26O. The van der Waals surface area contributed by atoms with E-state index in [4.69, 9.17) is 12.6 Å². The number of rotatable bonds is 3. The third-order valence-electron chi connectivity index (χ3n) is 8.36. The number of para-hydroxylation sites is 2. The van der Waals surface area contributed by atoms with Gasteiger partial charge in [-0.1, -0.05) is 145 Å². The molecule has 0 bridgehead atoms. The van der Waals surface area contributed by atoms with Crippen molar-refractivity contribution in [1.29, 1.82) is 0 Å². The Labute approximate surface area is 259 Å². The van der Waals surface area contributed by atoms with Gasteiger partial charge >= 0.3 is 0 Å². The van der Waals surface area contributed by atoms with Gasteiger partial charge in [0.05, 0.1) is 9.60 Å². The van der Waals surface area contributed by atoms with Crippen LogP contribution in [0.25, 0.3) is 87.6 Å². The average molecular weight is 554 g/mol. The SMILES string of the molecule is [2H]c1c([2H])c([2H])c2c(-c3c4ccccc4c(-c4cccc(-c5cccc6c5oc5ccccc56)c4)c4ccccc34)c([2H])c([2H])c([2H])c2c1[2H]. The fraction of sp³-hybridized carbons (Fsp3) is 0. The molecule has 0 aliphatic carbocycles. The van der Waals surface area contributed by atoms with Crippen LogP contribution in [-0.2, 0) is 0 Å². The van der Waals surface area contributed by atoms with Gasteiger partial charge in [-0.15, -0.1) is 0 Å². The van der Waals surface area contributed by atoms with E-state index in [9.17, 15) is 1.37 Å². The van der Waals surface area contributed by atoms with Gasteiger partial charge < -0.3 is 4.42 Å². The first-order valence-electron chi connectivity index (χ1n) is 17.7. The van der Waals surface area contributed by atoms with E-state index in [2.05, 4.69) is 36.4 Å². The van der Waals surface area contributed by atoms with Crippen molar-refractivity contribution in [2.75, 3.05) is 0 Å². The second kappa shape index (κ2) is 9.44. The van der Waals surface area contributed by atoms with Crippen molar-refractivity contribution in [3.05, 3.63) is 158 Å². The maximum atomic E-state index is 9.18. The summed E-state index contributed by atoms with van der Waals surface area (Å²) in [4.78, 5) is 0. The summed E-state index contributed by atoms with van der Waals surface area (Å²) in [7, 11) is 0. The first-order chi connectivity index (χ1) is 24.3. The van der Waals surface area contributed by atoms with Crippen LogP contribution in [0.2, 0.25) is 0 Å². The summed E-state index contributed by atoms with van der Waals surface area (Å²) in [5.74, 6) is 0. The second-order valence-electron chi connectivity index (χ2n) is 10.7. The minimum absolute atomic E-state index is 0.0586. The van der Waals surface area contributed by atoms with Gasteiger partial charge in [0.25, 0.3) is 0 Å². The van der Waals surface area contributed by atoms with Crippen molar-refractivity contribution >= 4 is 54.3 Å². The van der Waals surface area contributed by atoms with Crippen molar-refractivity contribution in [3.8, 4) is 33.4 Å². The predicted octanol–water partition coefficient (Wildman–Crippen LogP) is 12.0. The van der Waals surface area contributed by atoms with E-state index in [0.29, 0.717) is 5.56 Å². The van der Waals surface area contributed by atoms with Gasteiger partial charge in [-0.25, -0.2) is 0 Å². The molecule has 0 radical (unpaired) electrons. The van der Waals surface area contributed by atoms with Gasteiger partial charge in [0.15, 0.2) is 0 Å². The molecule has 0 fully saturated rings. The van der Waals surface area contributed by atoms with E-state index in [-0.39, 0.29) is 46.5 Å². The van der Waals surface area contributed by atoms with Crippen LogP contribution in [0.3, 0.4) is 0 Å². The number of hydrogen-bond acceptors (Lipinski definition) is 1. The van der Waals surface area contributed by atoms with E-state index in [1.165, 1.54) is 0 Å². The summed E-state index contributed by atoms with van der Waals surface area (Å²) in [6, 6.07) is 35.6. The van der Waals surface area contributed by atoms with Gasteiger partial charge in [0, 0.05) is 16.3 Å². The predicted molar refractivity (Wildman–Crippen MR) is 183 cm³/mol.